The van der Waals surface area contributed by atoms with Crippen molar-refractivity contribution in [1.82, 2.24) is 19.8 Å². The second-order valence-electron chi connectivity index (χ2n) is 9.89. The van der Waals surface area contributed by atoms with Gasteiger partial charge in [-0.25, -0.2) is 13.8 Å². The fraction of sp³-hybridized carbons (Fsp3) is 0.577. The van der Waals surface area contributed by atoms with E-state index in [-0.39, 0.29) is 23.4 Å². The minimum Gasteiger partial charge on any atom is -0.344 e. The molecule has 2 aromatic rings. The molecule has 0 radical (unpaired) electrons. The SMILES string of the molecule is CCC[C@H](NC(=O)Cc1ccc(F)cc1F)C(=O)Nc1cn(C2(CN3CCCCC3)CCC2)cn1. The number of nitrogens with one attached hydrogen (secondary N) is 2. The van der Waals surface area contributed by atoms with Gasteiger partial charge in [-0.3, -0.25) is 9.59 Å². The van der Waals surface area contributed by atoms with E-state index < -0.39 is 23.6 Å². The van der Waals surface area contributed by atoms with E-state index in [1.807, 2.05) is 13.1 Å². The van der Waals surface area contributed by atoms with Gasteiger partial charge < -0.3 is 20.1 Å². The number of halogens is 2. The van der Waals surface area contributed by atoms with Crippen molar-refractivity contribution < 1.29 is 18.4 Å². The van der Waals surface area contributed by atoms with Crippen LogP contribution in [0.3, 0.4) is 0 Å². The van der Waals surface area contributed by atoms with Crippen molar-refractivity contribution in [3.63, 3.8) is 0 Å². The van der Waals surface area contributed by atoms with Crippen LogP contribution in [0.15, 0.2) is 30.7 Å². The average Bonchev–Trinajstić information content (AvgIpc) is 3.27. The predicted molar refractivity (Wildman–Crippen MR) is 130 cm³/mol. The number of rotatable bonds is 10. The molecule has 1 saturated carbocycles. The Hall–Kier alpha value is -2.81. The molecular weight excluding hydrogens is 452 g/mol. The van der Waals surface area contributed by atoms with Gasteiger partial charge in [0, 0.05) is 18.8 Å². The third kappa shape index (κ3) is 6.25. The molecule has 1 saturated heterocycles. The van der Waals surface area contributed by atoms with Gasteiger partial charge in [-0.05, 0) is 63.2 Å². The largest absolute Gasteiger partial charge is 0.344 e. The smallest absolute Gasteiger partial charge is 0.248 e. The van der Waals surface area contributed by atoms with Crippen molar-refractivity contribution in [3.8, 4) is 0 Å². The third-order valence-corrected chi connectivity index (χ3v) is 7.23. The van der Waals surface area contributed by atoms with Gasteiger partial charge in [-0.1, -0.05) is 25.8 Å². The zero-order valence-corrected chi connectivity index (χ0v) is 20.4. The first-order valence-corrected chi connectivity index (χ1v) is 12.7. The van der Waals surface area contributed by atoms with Crippen LogP contribution in [-0.2, 0) is 21.5 Å². The average molecular weight is 488 g/mol. The molecule has 9 heteroatoms. The van der Waals surface area contributed by atoms with Gasteiger partial charge in [0.1, 0.15) is 17.7 Å². The number of anilines is 1. The summed E-state index contributed by atoms with van der Waals surface area (Å²) in [5.41, 5.74) is 0.113. The van der Waals surface area contributed by atoms with Crippen LogP contribution in [0.1, 0.15) is 63.9 Å². The number of aromatic nitrogens is 2. The Kier molecular flexibility index (Phi) is 8.15. The van der Waals surface area contributed by atoms with E-state index in [4.69, 9.17) is 0 Å². The molecule has 4 rings (SSSR count). The van der Waals surface area contributed by atoms with E-state index in [9.17, 15) is 18.4 Å². The van der Waals surface area contributed by atoms with Gasteiger partial charge in [0.25, 0.3) is 0 Å². The second kappa shape index (κ2) is 11.3. The standard InChI is InChI=1S/C26H35F2N5O2/c1-2-7-22(30-24(34)14-19-8-9-20(27)15-21(19)28)25(35)31-23-16-33(18-29-23)26(10-6-11-26)17-32-12-4-3-5-13-32/h8-9,15-16,18,22H,2-7,10-14,17H2,1H3,(H,30,34)(H,31,35)/t22-/m0/s1. The molecule has 1 atom stereocenters. The Morgan fingerprint density at radius 2 is 1.91 bits per heavy atom. The fourth-order valence-electron chi connectivity index (χ4n) is 5.12. The monoisotopic (exact) mass is 487 g/mol. The second-order valence-corrected chi connectivity index (χ2v) is 9.89. The Bertz CT molecular complexity index is 1030. The highest BCUT2D eigenvalue weighted by molar-refractivity contribution is 5.96. The number of carbonyl (C=O) groups is 2. The number of amides is 2. The Morgan fingerprint density at radius 1 is 1.14 bits per heavy atom. The van der Waals surface area contributed by atoms with Crippen molar-refractivity contribution in [3.05, 3.63) is 47.9 Å². The molecule has 2 aliphatic rings. The Morgan fingerprint density at radius 3 is 2.57 bits per heavy atom. The van der Waals surface area contributed by atoms with Crippen LogP contribution in [0, 0.1) is 11.6 Å². The van der Waals surface area contributed by atoms with Gasteiger partial charge >= 0.3 is 0 Å². The molecular formula is C26H35F2N5O2. The number of carbonyl (C=O) groups excluding carboxylic acids is 2. The van der Waals surface area contributed by atoms with Gasteiger partial charge in [0.2, 0.25) is 11.8 Å². The summed E-state index contributed by atoms with van der Waals surface area (Å²) in [5.74, 6) is -1.88. The van der Waals surface area contributed by atoms with Crippen LogP contribution in [0.4, 0.5) is 14.6 Å². The summed E-state index contributed by atoms with van der Waals surface area (Å²) >= 11 is 0. The summed E-state index contributed by atoms with van der Waals surface area (Å²) in [7, 11) is 0. The molecule has 0 bridgehead atoms. The number of hydrogen-bond donors (Lipinski definition) is 2. The molecule has 1 aliphatic carbocycles. The molecule has 35 heavy (non-hydrogen) atoms. The highest BCUT2D eigenvalue weighted by Gasteiger charge is 2.40. The Balaban J connectivity index is 1.36. The highest BCUT2D eigenvalue weighted by Crippen LogP contribution is 2.40. The topological polar surface area (TPSA) is 79.3 Å². The maximum absolute atomic E-state index is 13.9. The first-order valence-electron chi connectivity index (χ1n) is 12.7. The molecule has 2 heterocycles. The molecule has 2 fully saturated rings. The number of benzene rings is 1. The number of imidazole rings is 1. The highest BCUT2D eigenvalue weighted by atomic mass is 19.1. The third-order valence-electron chi connectivity index (χ3n) is 7.23. The van der Waals surface area contributed by atoms with Crippen LogP contribution < -0.4 is 10.6 Å². The maximum atomic E-state index is 13.9. The number of nitrogens with zero attached hydrogens (tertiary/aromatic N) is 3. The predicted octanol–water partition coefficient (Wildman–Crippen LogP) is 3.99. The molecule has 7 nitrogen and oxygen atoms in total. The van der Waals surface area contributed by atoms with Gasteiger partial charge in [0.15, 0.2) is 5.82 Å². The molecule has 0 unspecified atom stereocenters. The number of likely N-dealkylation sites (tertiary alicyclic amines) is 1. The van der Waals surface area contributed by atoms with E-state index in [1.54, 1.807) is 6.33 Å². The maximum Gasteiger partial charge on any atom is 0.248 e. The Labute approximate surface area is 205 Å². The summed E-state index contributed by atoms with van der Waals surface area (Å²) in [4.78, 5) is 32.4. The van der Waals surface area contributed by atoms with Gasteiger partial charge in [-0.2, -0.15) is 0 Å². The normalized spacial score (nSPS) is 18.5. The van der Waals surface area contributed by atoms with E-state index in [0.717, 1.165) is 44.6 Å². The first kappa shape index (κ1) is 25.3. The molecule has 1 aromatic heterocycles. The number of piperidine rings is 1. The molecule has 1 aliphatic heterocycles. The van der Waals surface area contributed by atoms with Crippen molar-refractivity contribution in [2.75, 3.05) is 25.0 Å². The lowest BCUT2D eigenvalue weighted by Gasteiger charge is -2.46. The van der Waals surface area contributed by atoms with Crippen molar-refractivity contribution >= 4 is 17.6 Å². The molecule has 0 spiro atoms. The molecule has 1 aromatic carbocycles. The van der Waals surface area contributed by atoms with Crippen LogP contribution in [0.25, 0.3) is 0 Å². The fourth-order valence-corrected chi connectivity index (χ4v) is 5.12. The van der Waals surface area contributed by atoms with Crippen molar-refractivity contribution in [1.29, 1.82) is 0 Å². The first-order chi connectivity index (χ1) is 16.9. The van der Waals surface area contributed by atoms with Crippen LogP contribution in [-0.4, -0.2) is 51.9 Å². The summed E-state index contributed by atoms with van der Waals surface area (Å²) in [5, 5.41) is 5.53. The van der Waals surface area contributed by atoms with Crippen molar-refractivity contribution in [2.24, 2.45) is 0 Å². The number of hydrogen-bond acceptors (Lipinski definition) is 4. The van der Waals surface area contributed by atoms with Crippen LogP contribution in [0.2, 0.25) is 0 Å². The summed E-state index contributed by atoms with van der Waals surface area (Å²) in [6, 6.07) is 2.33. The van der Waals surface area contributed by atoms with Crippen molar-refractivity contribution in [2.45, 2.75) is 76.3 Å². The van der Waals surface area contributed by atoms with Crippen LogP contribution in [0.5, 0.6) is 0 Å². The van der Waals surface area contributed by atoms with Crippen LogP contribution >= 0.6 is 0 Å². The summed E-state index contributed by atoms with van der Waals surface area (Å²) in [6.45, 7) is 5.20. The lowest BCUT2D eigenvalue weighted by molar-refractivity contribution is -0.126. The lowest BCUT2D eigenvalue weighted by atomic mass is 9.76. The quantitative estimate of drug-likeness (QED) is 0.531. The summed E-state index contributed by atoms with van der Waals surface area (Å²) in [6.07, 6.45) is 11.7. The molecule has 190 valence electrons. The minimum atomic E-state index is -0.781. The zero-order valence-electron chi connectivity index (χ0n) is 20.4. The van der Waals surface area contributed by atoms with E-state index in [2.05, 4.69) is 25.1 Å². The van der Waals surface area contributed by atoms with Gasteiger partial charge in [0.05, 0.1) is 18.3 Å². The van der Waals surface area contributed by atoms with E-state index >= 15 is 0 Å². The minimum absolute atomic E-state index is 0.0313. The lowest BCUT2D eigenvalue weighted by Crippen LogP contribution is -2.50. The molecule has 2 N–H and O–H groups in total. The molecule has 2 amide bonds. The van der Waals surface area contributed by atoms with E-state index in [0.29, 0.717) is 18.7 Å². The van der Waals surface area contributed by atoms with E-state index in [1.165, 1.54) is 31.7 Å². The summed E-state index contributed by atoms with van der Waals surface area (Å²) < 4.78 is 29.2. The zero-order chi connectivity index (χ0) is 24.8. The van der Waals surface area contributed by atoms with Gasteiger partial charge in [-0.15, -0.1) is 0 Å².